The van der Waals surface area contributed by atoms with Crippen molar-refractivity contribution in [2.24, 2.45) is 11.3 Å². The maximum Gasteiger partial charge on any atom is 0.0540 e. The van der Waals surface area contributed by atoms with Crippen LogP contribution in [0.2, 0.25) is 0 Å². The van der Waals surface area contributed by atoms with Gasteiger partial charge in [-0.25, -0.2) is 0 Å². The summed E-state index contributed by atoms with van der Waals surface area (Å²) >= 11 is 0. The fourth-order valence-corrected chi connectivity index (χ4v) is 2.62. The summed E-state index contributed by atoms with van der Waals surface area (Å²) in [4.78, 5) is 0. The van der Waals surface area contributed by atoms with Crippen LogP contribution in [0.15, 0.2) is 11.1 Å². The maximum atomic E-state index is 9.59. The molecule has 0 heterocycles. The van der Waals surface area contributed by atoms with Crippen molar-refractivity contribution in [3.63, 3.8) is 0 Å². The number of hydrogen-bond donors (Lipinski definition) is 1. The number of rotatable bonds is 3. The molecule has 0 spiro atoms. The second-order valence-corrected chi connectivity index (χ2v) is 5.92. The van der Waals surface area contributed by atoms with E-state index in [0.717, 1.165) is 6.42 Å². The lowest BCUT2D eigenvalue weighted by Crippen LogP contribution is -2.24. The van der Waals surface area contributed by atoms with Crippen molar-refractivity contribution in [3.05, 3.63) is 11.1 Å². The second-order valence-electron chi connectivity index (χ2n) is 5.92. The van der Waals surface area contributed by atoms with E-state index < -0.39 is 0 Å². The lowest BCUT2D eigenvalue weighted by atomic mass is 9.70. The van der Waals surface area contributed by atoms with Gasteiger partial charge in [-0.1, -0.05) is 31.9 Å². The molecule has 1 rings (SSSR count). The highest BCUT2D eigenvalue weighted by Crippen LogP contribution is 2.43. The van der Waals surface area contributed by atoms with E-state index >= 15 is 0 Å². The van der Waals surface area contributed by atoms with Gasteiger partial charge < -0.3 is 5.11 Å². The quantitative estimate of drug-likeness (QED) is 0.700. The first-order valence-corrected chi connectivity index (χ1v) is 6.22. The lowest BCUT2D eigenvalue weighted by molar-refractivity contribution is 0.130. The third kappa shape index (κ3) is 3.07. The van der Waals surface area contributed by atoms with Gasteiger partial charge in [-0.2, -0.15) is 0 Å². The van der Waals surface area contributed by atoms with Crippen LogP contribution < -0.4 is 0 Å². The summed E-state index contributed by atoms with van der Waals surface area (Å²) in [5, 5.41) is 9.59. The molecule has 1 heteroatoms. The van der Waals surface area contributed by atoms with Crippen LogP contribution in [-0.2, 0) is 0 Å². The topological polar surface area (TPSA) is 20.2 Å². The molecule has 15 heavy (non-hydrogen) atoms. The Bertz CT molecular complexity index is 248. The Morgan fingerprint density at radius 1 is 1.33 bits per heavy atom. The Balaban J connectivity index is 2.81. The highest BCUT2D eigenvalue weighted by Gasteiger charge is 2.29. The molecule has 0 saturated heterocycles. The molecule has 2 atom stereocenters. The van der Waals surface area contributed by atoms with Gasteiger partial charge in [0.25, 0.3) is 0 Å². The molecule has 0 aromatic heterocycles. The maximum absolute atomic E-state index is 9.59. The first-order chi connectivity index (χ1) is 6.84. The van der Waals surface area contributed by atoms with Crippen LogP contribution in [0.1, 0.15) is 60.3 Å². The Morgan fingerprint density at radius 2 is 1.93 bits per heavy atom. The van der Waals surface area contributed by atoms with Gasteiger partial charge in [0.05, 0.1) is 6.10 Å². The molecule has 0 amide bonds. The van der Waals surface area contributed by atoms with Gasteiger partial charge in [0, 0.05) is 0 Å². The van der Waals surface area contributed by atoms with Crippen LogP contribution in [0.5, 0.6) is 0 Å². The SMILES string of the molecule is CC1=C(CC(C)C(C)O)C(C)(C)CCC1. The Hall–Kier alpha value is -0.300. The van der Waals surface area contributed by atoms with Crippen LogP contribution in [-0.4, -0.2) is 11.2 Å². The van der Waals surface area contributed by atoms with Crippen molar-refractivity contribution in [2.75, 3.05) is 0 Å². The number of aliphatic hydroxyl groups is 1. The molecular formula is C14H26O. The molecule has 1 N–H and O–H groups in total. The van der Waals surface area contributed by atoms with Crippen molar-refractivity contribution in [3.8, 4) is 0 Å². The first-order valence-electron chi connectivity index (χ1n) is 6.22. The van der Waals surface area contributed by atoms with E-state index in [2.05, 4.69) is 27.7 Å². The summed E-state index contributed by atoms with van der Waals surface area (Å²) < 4.78 is 0. The Kier molecular flexibility index (Phi) is 3.99. The molecule has 0 aromatic rings. The van der Waals surface area contributed by atoms with E-state index in [9.17, 15) is 5.11 Å². The van der Waals surface area contributed by atoms with Gasteiger partial charge >= 0.3 is 0 Å². The van der Waals surface area contributed by atoms with Crippen molar-refractivity contribution < 1.29 is 5.11 Å². The summed E-state index contributed by atoms with van der Waals surface area (Å²) in [7, 11) is 0. The molecule has 2 unspecified atom stereocenters. The van der Waals surface area contributed by atoms with E-state index in [1.54, 1.807) is 11.1 Å². The smallest absolute Gasteiger partial charge is 0.0540 e. The van der Waals surface area contributed by atoms with E-state index in [4.69, 9.17) is 0 Å². The molecule has 0 fully saturated rings. The van der Waals surface area contributed by atoms with E-state index in [-0.39, 0.29) is 6.10 Å². The monoisotopic (exact) mass is 210 g/mol. The highest BCUT2D eigenvalue weighted by molar-refractivity contribution is 5.22. The standard InChI is InChI=1S/C14H26O/c1-10-7-6-8-14(4,5)13(10)9-11(2)12(3)15/h11-12,15H,6-9H2,1-5H3. The van der Waals surface area contributed by atoms with Gasteiger partial charge in [0.15, 0.2) is 0 Å². The molecule has 0 bridgehead atoms. The third-order valence-corrected chi connectivity index (χ3v) is 4.04. The molecule has 0 saturated carbocycles. The van der Waals surface area contributed by atoms with Crippen molar-refractivity contribution >= 4 is 0 Å². The highest BCUT2D eigenvalue weighted by atomic mass is 16.3. The first kappa shape index (κ1) is 12.8. The summed E-state index contributed by atoms with van der Waals surface area (Å²) in [6.07, 6.45) is 4.75. The Morgan fingerprint density at radius 3 is 2.40 bits per heavy atom. The molecule has 1 nitrogen and oxygen atoms in total. The minimum atomic E-state index is -0.192. The zero-order valence-corrected chi connectivity index (χ0v) is 10.9. The van der Waals surface area contributed by atoms with Crippen LogP contribution in [0.4, 0.5) is 0 Å². The predicted molar refractivity (Wildman–Crippen MR) is 65.8 cm³/mol. The molecule has 1 aliphatic carbocycles. The van der Waals surface area contributed by atoms with Gasteiger partial charge in [0.2, 0.25) is 0 Å². The fraction of sp³-hybridized carbons (Fsp3) is 0.857. The zero-order chi connectivity index (χ0) is 11.6. The number of allylic oxidation sites excluding steroid dienone is 2. The third-order valence-electron chi connectivity index (χ3n) is 4.04. The van der Waals surface area contributed by atoms with Crippen LogP contribution >= 0.6 is 0 Å². The summed E-state index contributed by atoms with van der Waals surface area (Å²) in [6.45, 7) is 11.0. The van der Waals surface area contributed by atoms with Crippen LogP contribution in [0.25, 0.3) is 0 Å². The molecular weight excluding hydrogens is 184 g/mol. The molecule has 88 valence electrons. The summed E-state index contributed by atoms with van der Waals surface area (Å²) in [5.41, 5.74) is 3.52. The van der Waals surface area contributed by atoms with Crippen LogP contribution in [0, 0.1) is 11.3 Å². The van der Waals surface area contributed by atoms with E-state index in [1.165, 1.54) is 19.3 Å². The van der Waals surface area contributed by atoms with Gasteiger partial charge in [0.1, 0.15) is 0 Å². The fourth-order valence-electron chi connectivity index (χ4n) is 2.62. The van der Waals surface area contributed by atoms with Crippen molar-refractivity contribution in [2.45, 2.75) is 66.4 Å². The average Bonchev–Trinajstić information content (AvgIpc) is 2.10. The number of hydrogen-bond acceptors (Lipinski definition) is 1. The summed E-state index contributed by atoms with van der Waals surface area (Å²) in [5.74, 6) is 0.382. The van der Waals surface area contributed by atoms with Gasteiger partial charge in [-0.05, 0) is 50.9 Å². The van der Waals surface area contributed by atoms with Crippen molar-refractivity contribution in [1.29, 1.82) is 0 Å². The molecule has 0 aliphatic heterocycles. The van der Waals surface area contributed by atoms with Gasteiger partial charge in [-0.15, -0.1) is 0 Å². The minimum Gasteiger partial charge on any atom is -0.393 e. The summed E-state index contributed by atoms with van der Waals surface area (Å²) in [6, 6.07) is 0. The Labute approximate surface area is 94.6 Å². The van der Waals surface area contributed by atoms with Crippen molar-refractivity contribution in [1.82, 2.24) is 0 Å². The van der Waals surface area contributed by atoms with E-state index in [1.807, 2.05) is 6.92 Å². The van der Waals surface area contributed by atoms with E-state index in [0.29, 0.717) is 11.3 Å². The second kappa shape index (κ2) is 4.69. The minimum absolute atomic E-state index is 0.192. The number of aliphatic hydroxyl groups excluding tert-OH is 1. The lowest BCUT2D eigenvalue weighted by Gasteiger charge is -2.36. The molecule has 1 aliphatic rings. The molecule has 0 radical (unpaired) electrons. The van der Waals surface area contributed by atoms with Gasteiger partial charge in [-0.3, -0.25) is 0 Å². The van der Waals surface area contributed by atoms with Crippen LogP contribution in [0.3, 0.4) is 0 Å². The predicted octanol–water partition coefficient (Wildman–Crippen LogP) is 3.92. The largest absolute Gasteiger partial charge is 0.393 e. The molecule has 0 aromatic carbocycles. The normalized spacial score (nSPS) is 25.2. The zero-order valence-electron chi connectivity index (χ0n) is 10.9. The average molecular weight is 210 g/mol.